The molecule has 0 spiro atoms. The topological polar surface area (TPSA) is 30.0 Å². The molecule has 2 aromatic rings. The summed E-state index contributed by atoms with van der Waals surface area (Å²) < 4.78 is 0. The van der Waals surface area contributed by atoms with E-state index in [-0.39, 0.29) is 5.78 Å². The third-order valence-electron chi connectivity index (χ3n) is 2.85. The summed E-state index contributed by atoms with van der Waals surface area (Å²) in [4.78, 5) is 16.5. The van der Waals surface area contributed by atoms with Crippen LogP contribution in [-0.4, -0.2) is 10.8 Å². The molecule has 0 aliphatic carbocycles. The van der Waals surface area contributed by atoms with E-state index < -0.39 is 0 Å². The van der Waals surface area contributed by atoms with Gasteiger partial charge in [-0.3, -0.25) is 9.78 Å². The van der Waals surface area contributed by atoms with E-state index in [9.17, 15) is 4.79 Å². The van der Waals surface area contributed by atoms with E-state index in [0.29, 0.717) is 5.56 Å². The molecule has 1 heterocycles. The van der Waals surface area contributed by atoms with Gasteiger partial charge in [0.2, 0.25) is 0 Å². The summed E-state index contributed by atoms with van der Waals surface area (Å²) >= 11 is 0. The van der Waals surface area contributed by atoms with Gasteiger partial charge in [-0.2, -0.15) is 0 Å². The molecular formula is C15H15NO. The number of nitrogens with zero attached hydrogens (tertiary/aromatic N) is 1. The Balaban J connectivity index is 2.51. The second kappa shape index (κ2) is 4.50. The summed E-state index contributed by atoms with van der Waals surface area (Å²) in [5, 5.41) is 0. The highest BCUT2D eigenvalue weighted by molar-refractivity contribution is 6.10. The molecular weight excluding hydrogens is 210 g/mol. The van der Waals surface area contributed by atoms with E-state index in [1.807, 2.05) is 45.0 Å². The highest BCUT2D eigenvalue weighted by atomic mass is 16.1. The van der Waals surface area contributed by atoms with Crippen LogP contribution >= 0.6 is 0 Å². The van der Waals surface area contributed by atoms with Crippen LogP contribution in [0, 0.1) is 20.8 Å². The van der Waals surface area contributed by atoms with Crippen molar-refractivity contribution >= 4 is 5.78 Å². The summed E-state index contributed by atoms with van der Waals surface area (Å²) in [6.07, 6.45) is 3.38. The molecule has 0 atom stereocenters. The second-order valence-corrected chi connectivity index (χ2v) is 4.35. The fraction of sp³-hybridized carbons (Fsp3) is 0.200. The zero-order valence-electron chi connectivity index (χ0n) is 10.3. The minimum Gasteiger partial charge on any atom is -0.289 e. The fourth-order valence-corrected chi connectivity index (χ4v) is 2.00. The van der Waals surface area contributed by atoms with E-state index >= 15 is 0 Å². The number of ketones is 1. The van der Waals surface area contributed by atoms with Crippen LogP contribution in [0.25, 0.3) is 0 Å². The summed E-state index contributed by atoms with van der Waals surface area (Å²) in [5.74, 6) is 0.0526. The maximum absolute atomic E-state index is 12.4. The number of hydrogen-bond donors (Lipinski definition) is 0. The zero-order chi connectivity index (χ0) is 12.4. The maximum Gasteiger partial charge on any atom is 0.195 e. The molecule has 0 aliphatic rings. The Labute approximate surface area is 101 Å². The van der Waals surface area contributed by atoms with E-state index in [1.54, 1.807) is 12.4 Å². The molecule has 0 unspecified atom stereocenters. The average Bonchev–Trinajstić information content (AvgIpc) is 2.28. The van der Waals surface area contributed by atoms with Crippen molar-refractivity contribution < 1.29 is 4.79 Å². The van der Waals surface area contributed by atoms with Crippen LogP contribution in [-0.2, 0) is 0 Å². The lowest BCUT2D eigenvalue weighted by Crippen LogP contribution is -2.06. The predicted octanol–water partition coefficient (Wildman–Crippen LogP) is 3.24. The number of hydrogen-bond acceptors (Lipinski definition) is 2. The van der Waals surface area contributed by atoms with Crippen LogP contribution < -0.4 is 0 Å². The highest BCUT2D eigenvalue weighted by Crippen LogP contribution is 2.18. The van der Waals surface area contributed by atoms with E-state index in [4.69, 9.17) is 0 Å². The molecule has 2 heteroatoms. The van der Waals surface area contributed by atoms with Crippen LogP contribution in [0.1, 0.15) is 32.6 Å². The van der Waals surface area contributed by atoms with Gasteiger partial charge in [0.15, 0.2) is 5.78 Å². The Kier molecular flexibility index (Phi) is 3.05. The van der Waals surface area contributed by atoms with E-state index in [2.05, 4.69) is 4.98 Å². The number of carbonyl (C=O) groups excluding carboxylic acids is 1. The molecule has 0 radical (unpaired) electrons. The quantitative estimate of drug-likeness (QED) is 0.734. The highest BCUT2D eigenvalue weighted by Gasteiger charge is 2.14. The zero-order valence-corrected chi connectivity index (χ0v) is 10.3. The van der Waals surface area contributed by atoms with Crippen LogP contribution in [0.15, 0.2) is 36.7 Å². The van der Waals surface area contributed by atoms with Gasteiger partial charge in [-0.1, -0.05) is 18.2 Å². The molecule has 0 aliphatic heterocycles. The molecule has 0 fully saturated rings. The predicted molar refractivity (Wildman–Crippen MR) is 68.3 cm³/mol. The number of aromatic nitrogens is 1. The fourth-order valence-electron chi connectivity index (χ4n) is 2.00. The summed E-state index contributed by atoms with van der Waals surface area (Å²) in [6, 6.07) is 7.77. The largest absolute Gasteiger partial charge is 0.289 e. The Morgan fingerprint density at radius 2 is 1.71 bits per heavy atom. The van der Waals surface area contributed by atoms with Crippen LogP contribution in [0.3, 0.4) is 0 Å². The number of aryl methyl sites for hydroxylation is 3. The summed E-state index contributed by atoms with van der Waals surface area (Å²) in [5.41, 5.74) is 4.47. The molecule has 0 saturated heterocycles. The van der Waals surface area contributed by atoms with Gasteiger partial charge in [-0.25, -0.2) is 0 Å². The van der Waals surface area contributed by atoms with Gasteiger partial charge in [-0.15, -0.1) is 0 Å². The van der Waals surface area contributed by atoms with Crippen LogP contribution in [0.5, 0.6) is 0 Å². The van der Waals surface area contributed by atoms with Gasteiger partial charge in [0.1, 0.15) is 0 Å². The first-order valence-electron chi connectivity index (χ1n) is 5.62. The maximum atomic E-state index is 12.4. The van der Waals surface area contributed by atoms with Gasteiger partial charge >= 0.3 is 0 Å². The Morgan fingerprint density at radius 1 is 1.06 bits per heavy atom. The standard InChI is InChI=1S/C15H15NO/c1-10-7-13(9-16-8-10)15(17)14-11(2)5-4-6-12(14)3/h4-9H,1-3H3. The molecule has 1 aromatic heterocycles. The Morgan fingerprint density at radius 3 is 2.29 bits per heavy atom. The lowest BCUT2D eigenvalue weighted by atomic mass is 9.95. The minimum absolute atomic E-state index is 0.0526. The normalized spacial score (nSPS) is 10.3. The van der Waals surface area contributed by atoms with Gasteiger partial charge in [0.05, 0.1) is 0 Å². The third kappa shape index (κ3) is 2.26. The first-order valence-corrected chi connectivity index (χ1v) is 5.62. The second-order valence-electron chi connectivity index (χ2n) is 4.35. The van der Waals surface area contributed by atoms with Crippen molar-refractivity contribution in [1.82, 2.24) is 4.98 Å². The summed E-state index contributed by atoms with van der Waals surface area (Å²) in [7, 11) is 0. The number of benzene rings is 1. The monoisotopic (exact) mass is 225 g/mol. The molecule has 0 saturated carbocycles. The molecule has 2 nitrogen and oxygen atoms in total. The molecule has 0 amide bonds. The molecule has 1 aromatic carbocycles. The van der Waals surface area contributed by atoms with Crippen molar-refractivity contribution in [2.45, 2.75) is 20.8 Å². The van der Waals surface area contributed by atoms with Crippen molar-refractivity contribution in [1.29, 1.82) is 0 Å². The molecule has 17 heavy (non-hydrogen) atoms. The molecule has 86 valence electrons. The first kappa shape index (κ1) is 11.5. The minimum atomic E-state index is 0.0526. The molecule has 0 bridgehead atoms. The smallest absolute Gasteiger partial charge is 0.195 e. The van der Waals surface area contributed by atoms with Gasteiger partial charge in [0, 0.05) is 23.5 Å². The van der Waals surface area contributed by atoms with Crippen molar-refractivity contribution in [2.24, 2.45) is 0 Å². The number of pyridine rings is 1. The van der Waals surface area contributed by atoms with E-state index in [1.165, 1.54) is 0 Å². The molecule has 2 rings (SSSR count). The van der Waals surface area contributed by atoms with Crippen molar-refractivity contribution in [3.05, 3.63) is 64.5 Å². The lowest BCUT2D eigenvalue weighted by molar-refractivity contribution is 0.103. The van der Waals surface area contributed by atoms with Crippen LogP contribution in [0.4, 0.5) is 0 Å². The lowest BCUT2D eigenvalue weighted by Gasteiger charge is -2.08. The Bertz CT molecular complexity index is 553. The number of carbonyl (C=O) groups is 1. The molecule has 0 N–H and O–H groups in total. The van der Waals surface area contributed by atoms with Gasteiger partial charge in [-0.05, 0) is 43.5 Å². The van der Waals surface area contributed by atoms with Crippen molar-refractivity contribution in [3.8, 4) is 0 Å². The van der Waals surface area contributed by atoms with Crippen molar-refractivity contribution in [3.63, 3.8) is 0 Å². The van der Waals surface area contributed by atoms with Gasteiger partial charge < -0.3 is 0 Å². The first-order chi connectivity index (χ1) is 8.09. The summed E-state index contributed by atoms with van der Waals surface area (Å²) in [6.45, 7) is 5.86. The van der Waals surface area contributed by atoms with Crippen LogP contribution in [0.2, 0.25) is 0 Å². The van der Waals surface area contributed by atoms with E-state index in [0.717, 1.165) is 22.3 Å². The Hall–Kier alpha value is -1.96. The third-order valence-corrected chi connectivity index (χ3v) is 2.85. The number of rotatable bonds is 2. The average molecular weight is 225 g/mol. The SMILES string of the molecule is Cc1cncc(C(=O)c2c(C)cccc2C)c1. The van der Waals surface area contributed by atoms with Gasteiger partial charge in [0.25, 0.3) is 0 Å². The van der Waals surface area contributed by atoms with Crippen molar-refractivity contribution in [2.75, 3.05) is 0 Å².